The van der Waals surface area contributed by atoms with Gasteiger partial charge in [0.05, 0.1) is 6.04 Å². The molecule has 2 unspecified atom stereocenters. The second-order valence-corrected chi connectivity index (χ2v) is 6.52. The number of hydrogen-bond donors (Lipinski definition) is 2. The first kappa shape index (κ1) is 16.6. The molecule has 3 rings (SSSR count). The van der Waals surface area contributed by atoms with E-state index in [0.29, 0.717) is 17.4 Å². The molecule has 3 nitrogen and oxygen atoms in total. The maximum Gasteiger partial charge on any atom is 0.222 e. The number of hydrogen-bond acceptors (Lipinski definition) is 3. The molecule has 1 aromatic carbocycles. The number of benzene rings is 1. The summed E-state index contributed by atoms with van der Waals surface area (Å²) in [5.74, 6) is 0.737. The van der Waals surface area contributed by atoms with E-state index in [0.717, 1.165) is 37.1 Å². The van der Waals surface area contributed by atoms with E-state index in [1.165, 1.54) is 6.07 Å². The first-order valence-electron chi connectivity index (χ1n) is 7.18. The summed E-state index contributed by atoms with van der Waals surface area (Å²) < 4.78 is 13.8. The summed E-state index contributed by atoms with van der Waals surface area (Å²) >= 11 is 1.54. The second kappa shape index (κ2) is 7.47. The van der Waals surface area contributed by atoms with Gasteiger partial charge in [-0.25, -0.2) is 4.39 Å². The van der Waals surface area contributed by atoms with E-state index in [1.807, 2.05) is 6.07 Å². The van der Waals surface area contributed by atoms with Crippen LogP contribution in [0.25, 0.3) is 0 Å². The van der Waals surface area contributed by atoms with Gasteiger partial charge in [-0.1, -0.05) is 12.1 Å². The minimum Gasteiger partial charge on any atom is -0.349 e. The third-order valence-corrected chi connectivity index (χ3v) is 5.11. The Morgan fingerprint density at radius 2 is 2.29 bits per heavy atom. The minimum absolute atomic E-state index is 0. The van der Waals surface area contributed by atoms with Gasteiger partial charge in [-0.2, -0.15) is 0 Å². The van der Waals surface area contributed by atoms with Gasteiger partial charge in [0.25, 0.3) is 0 Å². The fraction of sp³-hybridized carbons (Fsp3) is 0.533. The highest BCUT2D eigenvalue weighted by Gasteiger charge is 2.25. The van der Waals surface area contributed by atoms with Crippen LogP contribution in [0.5, 0.6) is 0 Å². The zero-order valence-electron chi connectivity index (χ0n) is 11.7. The van der Waals surface area contributed by atoms with Crippen molar-refractivity contribution < 1.29 is 9.18 Å². The smallest absolute Gasteiger partial charge is 0.222 e. The molecule has 1 aromatic rings. The van der Waals surface area contributed by atoms with E-state index in [2.05, 4.69) is 10.6 Å². The Morgan fingerprint density at radius 3 is 3.05 bits per heavy atom. The van der Waals surface area contributed by atoms with E-state index in [9.17, 15) is 9.18 Å². The van der Waals surface area contributed by atoms with Gasteiger partial charge in [-0.05, 0) is 37.4 Å². The normalized spacial score (nSPS) is 24.0. The first-order valence-corrected chi connectivity index (χ1v) is 8.16. The number of amides is 1. The average molecular weight is 331 g/mol. The van der Waals surface area contributed by atoms with Gasteiger partial charge in [0.2, 0.25) is 5.91 Å². The minimum atomic E-state index is -0.177. The van der Waals surface area contributed by atoms with Crippen molar-refractivity contribution in [1.82, 2.24) is 10.6 Å². The topological polar surface area (TPSA) is 41.1 Å². The summed E-state index contributed by atoms with van der Waals surface area (Å²) in [6, 6.07) is 5.38. The van der Waals surface area contributed by atoms with Crippen molar-refractivity contribution in [3.8, 4) is 0 Å². The van der Waals surface area contributed by atoms with Crippen LogP contribution in [-0.2, 0) is 4.79 Å². The molecule has 2 aliphatic heterocycles. The fourth-order valence-electron chi connectivity index (χ4n) is 2.94. The summed E-state index contributed by atoms with van der Waals surface area (Å²) in [4.78, 5) is 12.8. The molecular weight excluding hydrogens is 311 g/mol. The summed E-state index contributed by atoms with van der Waals surface area (Å²) in [6.07, 6.45) is 3.60. The molecule has 2 atom stereocenters. The number of nitrogens with one attached hydrogen (secondary N) is 2. The highest BCUT2D eigenvalue weighted by atomic mass is 35.5. The maximum absolute atomic E-state index is 13.8. The summed E-state index contributed by atoms with van der Waals surface area (Å²) in [5.41, 5.74) is 0.925. The molecule has 1 saturated heterocycles. The molecule has 1 fully saturated rings. The van der Waals surface area contributed by atoms with Crippen LogP contribution in [0.3, 0.4) is 0 Å². The van der Waals surface area contributed by atoms with E-state index in [4.69, 9.17) is 0 Å². The molecular formula is C15H20ClFN2OS. The van der Waals surface area contributed by atoms with Crippen molar-refractivity contribution in [2.75, 3.05) is 12.3 Å². The van der Waals surface area contributed by atoms with Crippen LogP contribution in [0.4, 0.5) is 4.39 Å². The molecule has 0 aromatic heterocycles. The zero-order chi connectivity index (χ0) is 13.9. The van der Waals surface area contributed by atoms with Crippen LogP contribution in [0, 0.1) is 5.82 Å². The number of halogens is 2. The van der Waals surface area contributed by atoms with E-state index >= 15 is 0 Å². The van der Waals surface area contributed by atoms with Crippen molar-refractivity contribution in [1.29, 1.82) is 0 Å². The summed E-state index contributed by atoms with van der Waals surface area (Å²) in [7, 11) is 0. The third kappa shape index (κ3) is 3.90. The lowest BCUT2D eigenvalue weighted by molar-refractivity contribution is -0.122. The Morgan fingerprint density at radius 1 is 1.43 bits per heavy atom. The summed E-state index contributed by atoms with van der Waals surface area (Å²) in [5, 5.41) is 6.40. The zero-order valence-corrected chi connectivity index (χ0v) is 13.4. The Labute approximate surface area is 134 Å². The molecule has 0 radical (unpaired) electrons. The Balaban J connectivity index is 0.00000161. The molecule has 2 heterocycles. The molecule has 116 valence electrons. The van der Waals surface area contributed by atoms with E-state index in [-0.39, 0.29) is 30.2 Å². The Bertz CT molecular complexity index is 508. The number of rotatable bonds is 3. The monoisotopic (exact) mass is 330 g/mol. The SMILES string of the molecule is Cl.O=C(CC1CCCN1)NC1CCSc2c(F)cccc21. The third-order valence-electron chi connectivity index (χ3n) is 3.96. The number of carbonyl (C=O) groups is 1. The lowest BCUT2D eigenvalue weighted by atomic mass is 10.0. The number of fused-ring (bicyclic) bond motifs is 1. The van der Waals surface area contributed by atoms with Crippen molar-refractivity contribution in [2.45, 2.75) is 42.7 Å². The van der Waals surface area contributed by atoms with Gasteiger partial charge in [0.1, 0.15) is 5.82 Å². The molecule has 2 N–H and O–H groups in total. The Hall–Kier alpha value is -0.780. The first-order chi connectivity index (χ1) is 9.74. The van der Waals surface area contributed by atoms with Crippen molar-refractivity contribution in [2.24, 2.45) is 0 Å². The molecule has 0 bridgehead atoms. The molecule has 2 aliphatic rings. The lowest BCUT2D eigenvalue weighted by Crippen LogP contribution is -2.35. The van der Waals surface area contributed by atoms with Crippen molar-refractivity contribution >= 4 is 30.1 Å². The quantitative estimate of drug-likeness (QED) is 0.895. The van der Waals surface area contributed by atoms with Crippen LogP contribution in [0.2, 0.25) is 0 Å². The van der Waals surface area contributed by atoms with Crippen LogP contribution >= 0.6 is 24.2 Å². The highest BCUT2D eigenvalue weighted by Crippen LogP contribution is 2.37. The number of carbonyl (C=O) groups excluding carboxylic acids is 1. The predicted molar refractivity (Wildman–Crippen MR) is 85.5 cm³/mol. The average Bonchev–Trinajstić information content (AvgIpc) is 2.93. The summed E-state index contributed by atoms with van der Waals surface area (Å²) in [6.45, 7) is 1.01. The van der Waals surface area contributed by atoms with Gasteiger partial charge in [-0.15, -0.1) is 24.2 Å². The van der Waals surface area contributed by atoms with Crippen LogP contribution in [0.1, 0.15) is 37.3 Å². The van der Waals surface area contributed by atoms with Crippen LogP contribution in [-0.4, -0.2) is 24.2 Å². The molecule has 21 heavy (non-hydrogen) atoms. The fourth-order valence-corrected chi connectivity index (χ4v) is 4.09. The van der Waals surface area contributed by atoms with E-state index < -0.39 is 0 Å². The standard InChI is InChI=1S/C15H19FN2OS.ClH/c16-12-5-1-4-11-13(6-8-20-15(11)12)18-14(19)9-10-3-2-7-17-10;/h1,4-5,10,13,17H,2-3,6-9H2,(H,18,19);1H. The van der Waals surface area contributed by atoms with Gasteiger partial charge in [-0.3, -0.25) is 4.79 Å². The number of thioether (sulfide) groups is 1. The van der Waals surface area contributed by atoms with Gasteiger partial charge in [0, 0.05) is 23.1 Å². The van der Waals surface area contributed by atoms with Crippen LogP contribution in [0.15, 0.2) is 23.1 Å². The second-order valence-electron chi connectivity index (χ2n) is 5.41. The largest absolute Gasteiger partial charge is 0.349 e. The molecule has 0 spiro atoms. The van der Waals surface area contributed by atoms with E-state index in [1.54, 1.807) is 17.8 Å². The Kier molecular flexibility index (Phi) is 5.90. The van der Waals surface area contributed by atoms with Gasteiger partial charge < -0.3 is 10.6 Å². The highest BCUT2D eigenvalue weighted by molar-refractivity contribution is 7.99. The molecule has 0 saturated carbocycles. The van der Waals surface area contributed by atoms with Crippen molar-refractivity contribution in [3.63, 3.8) is 0 Å². The van der Waals surface area contributed by atoms with Crippen molar-refractivity contribution in [3.05, 3.63) is 29.6 Å². The maximum atomic E-state index is 13.8. The van der Waals surface area contributed by atoms with Gasteiger partial charge >= 0.3 is 0 Å². The predicted octanol–water partition coefficient (Wildman–Crippen LogP) is 3.04. The molecule has 0 aliphatic carbocycles. The molecule has 6 heteroatoms. The van der Waals surface area contributed by atoms with Crippen LogP contribution < -0.4 is 10.6 Å². The van der Waals surface area contributed by atoms with Gasteiger partial charge in [0.15, 0.2) is 0 Å². The molecule has 1 amide bonds. The lowest BCUT2D eigenvalue weighted by Gasteiger charge is -2.26.